The molecule has 44 valence electrons. The average Bonchev–Trinajstić information content (AvgIpc) is 2.14. The van der Waals surface area contributed by atoms with Crippen LogP contribution in [0, 0.1) is 6.92 Å². The van der Waals surface area contributed by atoms with E-state index >= 15 is 0 Å². The maximum Gasteiger partial charge on any atom is 0.104 e. The highest BCUT2D eigenvalue weighted by Gasteiger charge is 1.88. The summed E-state index contributed by atoms with van der Waals surface area (Å²) in [5, 5.41) is 0. The summed E-state index contributed by atoms with van der Waals surface area (Å²) in [4.78, 5) is 4.90. The fraction of sp³-hybridized carbons (Fsp3) is 0.333. The van der Waals surface area contributed by atoms with E-state index in [2.05, 4.69) is 0 Å². The highest BCUT2D eigenvalue weighted by atomic mass is 16.6. The van der Waals surface area contributed by atoms with Crippen LogP contribution in [0.4, 0.5) is 0 Å². The molecule has 0 aliphatic heterocycles. The Morgan fingerprint density at radius 2 is 2.38 bits per heavy atom. The summed E-state index contributed by atoms with van der Waals surface area (Å²) in [6.45, 7) is 1.99. The van der Waals surface area contributed by atoms with Crippen LogP contribution in [-0.4, -0.2) is 11.8 Å². The van der Waals surface area contributed by atoms with Crippen molar-refractivity contribution in [1.29, 1.82) is 0 Å². The molecular weight excluding hydrogens is 102 g/mol. The molecular formula is C6H9NO. The van der Waals surface area contributed by atoms with Crippen molar-refractivity contribution in [1.82, 2.24) is 4.73 Å². The molecule has 0 aliphatic rings. The van der Waals surface area contributed by atoms with Gasteiger partial charge >= 0.3 is 0 Å². The molecule has 0 amide bonds. The zero-order chi connectivity index (χ0) is 5.98. The molecule has 0 N–H and O–H groups in total. The number of nitrogens with zero attached hydrogens (tertiary/aromatic N) is 1. The van der Waals surface area contributed by atoms with E-state index in [1.54, 1.807) is 11.8 Å². The summed E-state index contributed by atoms with van der Waals surface area (Å²) < 4.78 is 1.71. The molecule has 8 heavy (non-hydrogen) atoms. The topological polar surface area (TPSA) is 14.2 Å². The Kier molecular flexibility index (Phi) is 1.24. The van der Waals surface area contributed by atoms with Crippen LogP contribution in [0.1, 0.15) is 5.69 Å². The van der Waals surface area contributed by atoms with Gasteiger partial charge in [-0.05, 0) is 19.1 Å². The lowest BCUT2D eigenvalue weighted by Gasteiger charge is -1.99. The maximum atomic E-state index is 4.90. The maximum absolute atomic E-state index is 4.90. The van der Waals surface area contributed by atoms with Crippen molar-refractivity contribution in [2.75, 3.05) is 7.11 Å². The van der Waals surface area contributed by atoms with E-state index in [4.69, 9.17) is 4.84 Å². The molecule has 0 spiro atoms. The van der Waals surface area contributed by atoms with Gasteiger partial charge < -0.3 is 4.84 Å². The predicted molar refractivity (Wildman–Crippen MR) is 31.7 cm³/mol. The second-order valence-corrected chi connectivity index (χ2v) is 1.66. The highest BCUT2D eigenvalue weighted by Crippen LogP contribution is 1.94. The van der Waals surface area contributed by atoms with Crippen molar-refractivity contribution in [2.24, 2.45) is 0 Å². The molecule has 1 heterocycles. The Bertz CT molecular complexity index is 169. The van der Waals surface area contributed by atoms with Crippen molar-refractivity contribution in [3.63, 3.8) is 0 Å². The van der Waals surface area contributed by atoms with Gasteiger partial charge in [-0.2, -0.15) is 4.73 Å². The molecule has 0 aromatic carbocycles. The van der Waals surface area contributed by atoms with Gasteiger partial charge in [0.25, 0.3) is 0 Å². The van der Waals surface area contributed by atoms with Crippen LogP contribution in [0.15, 0.2) is 18.3 Å². The van der Waals surface area contributed by atoms with Crippen molar-refractivity contribution < 1.29 is 4.84 Å². The van der Waals surface area contributed by atoms with Crippen molar-refractivity contribution >= 4 is 0 Å². The van der Waals surface area contributed by atoms with Crippen LogP contribution >= 0.6 is 0 Å². The molecule has 0 bridgehead atoms. The van der Waals surface area contributed by atoms with Gasteiger partial charge in [0.2, 0.25) is 0 Å². The summed E-state index contributed by atoms with van der Waals surface area (Å²) in [6.07, 6.45) is 1.87. The average molecular weight is 111 g/mol. The SMILES string of the molecule is COn1cccc1C. The second-order valence-electron chi connectivity index (χ2n) is 1.66. The first kappa shape index (κ1) is 5.22. The molecule has 0 atom stereocenters. The molecule has 2 heteroatoms. The number of aryl methyl sites for hydroxylation is 1. The van der Waals surface area contributed by atoms with E-state index in [1.165, 1.54) is 0 Å². The third-order valence-corrected chi connectivity index (χ3v) is 1.10. The van der Waals surface area contributed by atoms with Gasteiger partial charge in [-0.1, -0.05) is 0 Å². The van der Waals surface area contributed by atoms with Crippen LogP contribution in [0.5, 0.6) is 0 Å². The van der Waals surface area contributed by atoms with Crippen molar-refractivity contribution in [3.05, 3.63) is 24.0 Å². The minimum Gasteiger partial charge on any atom is -0.417 e. The third kappa shape index (κ3) is 0.689. The molecule has 0 aliphatic carbocycles. The zero-order valence-electron chi connectivity index (χ0n) is 5.09. The Balaban J connectivity index is 2.92. The normalized spacial score (nSPS) is 9.25. The molecule has 0 saturated heterocycles. The highest BCUT2D eigenvalue weighted by molar-refractivity contribution is 5.02. The lowest BCUT2D eigenvalue weighted by atomic mass is 10.5. The van der Waals surface area contributed by atoms with E-state index in [0.717, 1.165) is 5.69 Å². The van der Waals surface area contributed by atoms with E-state index in [-0.39, 0.29) is 0 Å². The van der Waals surface area contributed by atoms with Crippen LogP contribution in [0.3, 0.4) is 0 Å². The smallest absolute Gasteiger partial charge is 0.104 e. The Hall–Kier alpha value is -0.920. The van der Waals surface area contributed by atoms with Gasteiger partial charge in [0, 0.05) is 6.20 Å². The lowest BCUT2D eigenvalue weighted by molar-refractivity contribution is 0.162. The van der Waals surface area contributed by atoms with Crippen LogP contribution in [-0.2, 0) is 0 Å². The molecule has 0 radical (unpaired) electrons. The summed E-state index contributed by atoms with van der Waals surface area (Å²) in [7, 11) is 1.65. The van der Waals surface area contributed by atoms with Gasteiger partial charge in [-0.25, -0.2) is 0 Å². The summed E-state index contributed by atoms with van der Waals surface area (Å²) >= 11 is 0. The molecule has 1 rings (SSSR count). The quantitative estimate of drug-likeness (QED) is 0.524. The number of aromatic nitrogens is 1. The minimum atomic E-state index is 1.12. The van der Waals surface area contributed by atoms with E-state index in [1.807, 2.05) is 25.3 Å². The van der Waals surface area contributed by atoms with Crippen molar-refractivity contribution in [2.45, 2.75) is 6.92 Å². The Morgan fingerprint density at radius 3 is 2.62 bits per heavy atom. The number of hydrogen-bond acceptors (Lipinski definition) is 1. The third-order valence-electron chi connectivity index (χ3n) is 1.10. The van der Waals surface area contributed by atoms with E-state index in [0.29, 0.717) is 0 Å². The van der Waals surface area contributed by atoms with Crippen molar-refractivity contribution in [3.8, 4) is 0 Å². The fourth-order valence-electron chi connectivity index (χ4n) is 0.656. The molecule has 2 nitrogen and oxygen atoms in total. The van der Waals surface area contributed by atoms with Crippen LogP contribution < -0.4 is 4.84 Å². The largest absolute Gasteiger partial charge is 0.417 e. The molecule has 1 aromatic heterocycles. The van der Waals surface area contributed by atoms with Crippen LogP contribution in [0.25, 0.3) is 0 Å². The summed E-state index contributed by atoms with van der Waals surface area (Å²) in [5.41, 5.74) is 1.12. The molecule has 1 aromatic rings. The molecule has 0 unspecified atom stereocenters. The predicted octanol–water partition coefficient (Wildman–Crippen LogP) is 0.855. The van der Waals surface area contributed by atoms with Gasteiger partial charge in [0.15, 0.2) is 0 Å². The first-order chi connectivity index (χ1) is 3.84. The van der Waals surface area contributed by atoms with E-state index in [9.17, 15) is 0 Å². The standard InChI is InChI=1S/C6H9NO/c1-6-4-3-5-7(6)8-2/h3-5H,1-2H3. The van der Waals surface area contributed by atoms with Crippen LogP contribution in [0.2, 0.25) is 0 Å². The molecule has 0 fully saturated rings. The van der Waals surface area contributed by atoms with E-state index < -0.39 is 0 Å². The van der Waals surface area contributed by atoms with Gasteiger partial charge in [-0.15, -0.1) is 0 Å². The Labute approximate surface area is 48.6 Å². The zero-order valence-corrected chi connectivity index (χ0v) is 5.09. The molecule has 0 saturated carbocycles. The Morgan fingerprint density at radius 1 is 1.62 bits per heavy atom. The number of hydrogen-bond donors (Lipinski definition) is 0. The lowest BCUT2D eigenvalue weighted by Crippen LogP contribution is -2.04. The van der Waals surface area contributed by atoms with Gasteiger partial charge in [0.05, 0.1) is 5.69 Å². The minimum absolute atomic E-state index is 1.12. The van der Waals surface area contributed by atoms with Gasteiger partial charge in [0.1, 0.15) is 7.11 Å². The fourth-order valence-corrected chi connectivity index (χ4v) is 0.656. The summed E-state index contributed by atoms with van der Waals surface area (Å²) in [5.74, 6) is 0. The first-order valence-corrected chi connectivity index (χ1v) is 2.53. The second kappa shape index (κ2) is 1.90. The summed E-state index contributed by atoms with van der Waals surface area (Å²) in [6, 6.07) is 3.93. The van der Waals surface area contributed by atoms with Gasteiger partial charge in [-0.3, -0.25) is 0 Å². The monoisotopic (exact) mass is 111 g/mol. The number of rotatable bonds is 1. The first-order valence-electron chi connectivity index (χ1n) is 2.53.